The van der Waals surface area contributed by atoms with Crippen molar-refractivity contribution >= 4 is 0 Å². The molecule has 1 aromatic carbocycles. The van der Waals surface area contributed by atoms with Crippen LogP contribution in [0.2, 0.25) is 0 Å². The van der Waals surface area contributed by atoms with Gasteiger partial charge in [-0.2, -0.15) is 0 Å². The lowest BCUT2D eigenvalue weighted by atomic mass is 10.1. The zero-order valence-electron chi connectivity index (χ0n) is 11.4. The molecule has 2 heterocycles. The molecule has 0 saturated carbocycles. The van der Waals surface area contributed by atoms with Gasteiger partial charge in [-0.05, 0) is 31.5 Å². The van der Waals surface area contributed by atoms with Gasteiger partial charge in [0.2, 0.25) is 0 Å². The molecule has 1 N–H and O–H groups in total. The molecule has 0 spiro atoms. The quantitative estimate of drug-likeness (QED) is 0.774. The lowest BCUT2D eigenvalue weighted by Crippen LogP contribution is -2.16. The lowest BCUT2D eigenvalue weighted by molar-refractivity contribution is 0.842. The van der Waals surface area contributed by atoms with Gasteiger partial charge in [0.15, 0.2) is 0 Å². The molecule has 0 aliphatic heterocycles. The van der Waals surface area contributed by atoms with Crippen LogP contribution < -0.4 is 5.56 Å². The molecule has 0 amide bonds. The number of hydrogen-bond acceptors (Lipinski definition) is 2. The van der Waals surface area contributed by atoms with Crippen LogP contribution in [0.25, 0.3) is 16.8 Å². The molecule has 0 saturated heterocycles. The number of aromatic amines is 1. The van der Waals surface area contributed by atoms with Gasteiger partial charge in [-0.15, -0.1) is 0 Å². The van der Waals surface area contributed by atoms with E-state index in [9.17, 15) is 4.79 Å². The predicted octanol–water partition coefficient (Wildman–Crippen LogP) is 2.84. The highest BCUT2D eigenvalue weighted by Gasteiger charge is 2.10. The molecular formula is C16H15N3O. The second-order valence-corrected chi connectivity index (χ2v) is 4.80. The number of rotatable bonds is 2. The average Bonchev–Trinajstić information content (AvgIpc) is 2.80. The van der Waals surface area contributed by atoms with Crippen LogP contribution in [-0.2, 0) is 0 Å². The Morgan fingerprint density at radius 1 is 1.05 bits per heavy atom. The highest BCUT2D eigenvalue weighted by Crippen LogP contribution is 2.15. The van der Waals surface area contributed by atoms with Gasteiger partial charge in [0.05, 0.1) is 11.3 Å². The van der Waals surface area contributed by atoms with Gasteiger partial charge < -0.3 is 0 Å². The summed E-state index contributed by atoms with van der Waals surface area (Å²) in [4.78, 5) is 16.8. The van der Waals surface area contributed by atoms with Crippen LogP contribution in [-0.4, -0.2) is 14.8 Å². The summed E-state index contributed by atoms with van der Waals surface area (Å²) in [7, 11) is 0. The van der Waals surface area contributed by atoms with Crippen molar-refractivity contribution in [3.63, 3.8) is 0 Å². The summed E-state index contributed by atoms with van der Waals surface area (Å²) in [5.41, 5.74) is 4.11. The summed E-state index contributed by atoms with van der Waals surface area (Å²) < 4.78 is 1.55. The van der Waals surface area contributed by atoms with Crippen LogP contribution in [0.4, 0.5) is 0 Å². The van der Waals surface area contributed by atoms with E-state index in [4.69, 9.17) is 0 Å². The number of hydrogen-bond donors (Lipinski definition) is 1. The van der Waals surface area contributed by atoms with Crippen molar-refractivity contribution in [2.45, 2.75) is 13.8 Å². The third-order valence-corrected chi connectivity index (χ3v) is 3.18. The minimum absolute atomic E-state index is 0.0544. The van der Waals surface area contributed by atoms with Gasteiger partial charge in [0.25, 0.3) is 5.56 Å². The summed E-state index contributed by atoms with van der Waals surface area (Å²) in [6.45, 7) is 3.84. The van der Waals surface area contributed by atoms with E-state index in [1.807, 2.05) is 56.3 Å². The first-order valence-electron chi connectivity index (χ1n) is 6.46. The fraction of sp³-hybridized carbons (Fsp3) is 0.125. The molecule has 100 valence electrons. The molecule has 4 heteroatoms. The maximum absolute atomic E-state index is 12.5. The van der Waals surface area contributed by atoms with Crippen molar-refractivity contribution in [1.82, 2.24) is 14.8 Å². The molecule has 2 aromatic heterocycles. The van der Waals surface area contributed by atoms with Crippen molar-refractivity contribution < 1.29 is 0 Å². The monoisotopic (exact) mass is 265 g/mol. The Balaban J connectivity index is 2.14. The van der Waals surface area contributed by atoms with Crippen LogP contribution in [0.5, 0.6) is 0 Å². The fourth-order valence-electron chi connectivity index (χ4n) is 2.33. The van der Waals surface area contributed by atoms with Gasteiger partial charge >= 0.3 is 0 Å². The lowest BCUT2D eigenvalue weighted by Gasteiger charge is -2.04. The van der Waals surface area contributed by atoms with Crippen LogP contribution in [0.1, 0.15) is 11.4 Å². The maximum Gasteiger partial charge on any atom is 0.279 e. The van der Waals surface area contributed by atoms with Crippen LogP contribution in [0, 0.1) is 13.8 Å². The van der Waals surface area contributed by atoms with E-state index >= 15 is 0 Å². The second-order valence-electron chi connectivity index (χ2n) is 4.80. The first-order chi connectivity index (χ1) is 9.65. The van der Waals surface area contributed by atoms with Gasteiger partial charge in [0, 0.05) is 17.6 Å². The predicted molar refractivity (Wildman–Crippen MR) is 79.1 cm³/mol. The Hall–Kier alpha value is -2.62. The SMILES string of the molecule is Cc1cc(-n2[nH]cc(-c3ccccc3)c2=O)cc(C)n1. The molecule has 0 fully saturated rings. The average molecular weight is 265 g/mol. The van der Waals surface area contributed by atoms with Crippen LogP contribution in [0.15, 0.2) is 53.5 Å². The number of pyridine rings is 1. The summed E-state index contributed by atoms with van der Waals surface area (Å²) in [5.74, 6) is 0. The van der Waals surface area contributed by atoms with Crippen molar-refractivity contribution in [3.8, 4) is 16.8 Å². The van der Waals surface area contributed by atoms with E-state index in [0.29, 0.717) is 5.56 Å². The number of aromatic nitrogens is 3. The third kappa shape index (κ3) is 2.16. The minimum Gasteiger partial charge on any atom is -0.298 e. The normalized spacial score (nSPS) is 10.7. The smallest absolute Gasteiger partial charge is 0.279 e. The standard InChI is InChI=1S/C16H15N3O/c1-11-8-14(9-12(2)18-11)19-16(20)15(10-17-19)13-6-4-3-5-7-13/h3-10,17H,1-2H3. The summed E-state index contributed by atoms with van der Waals surface area (Å²) in [6.07, 6.45) is 1.74. The Morgan fingerprint density at radius 3 is 2.35 bits per heavy atom. The van der Waals surface area contributed by atoms with Gasteiger partial charge in [-0.25, -0.2) is 4.68 Å². The zero-order valence-corrected chi connectivity index (χ0v) is 11.4. The molecule has 4 nitrogen and oxygen atoms in total. The molecule has 0 bridgehead atoms. The van der Waals surface area contributed by atoms with Gasteiger partial charge in [-0.3, -0.25) is 14.9 Å². The Kier molecular flexibility index (Phi) is 2.99. The van der Waals surface area contributed by atoms with E-state index in [1.165, 1.54) is 0 Å². The van der Waals surface area contributed by atoms with Crippen molar-refractivity contribution in [1.29, 1.82) is 0 Å². The summed E-state index contributed by atoms with van der Waals surface area (Å²) in [5, 5.41) is 3.02. The molecule has 0 atom stereocenters. The van der Waals surface area contributed by atoms with E-state index in [-0.39, 0.29) is 5.56 Å². The number of benzene rings is 1. The van der Waals surface area contributed by atoms with Crippen molar-refractivity contribution in [2.75, 3.05) is 0 Å². The first kappa shape index (κ1) is 12.4. The maximum atomic E-state index is 12.5. The molecule has 0 aliphatic rings. The number of aryl methyl sites for hydroxylation is 2. The van der Waals surface area contributed by atoms with Gasteiger partial charge in [0.1, 0.15) is 0 Å². The molecule has 0 unspecified atom stereocenters. The van der Waals surface area contributed by atoms with Crippen LogP contribution >= 0.6 is 0 Å². The molecule has 20 heavy (non-hydrogen) atoms. The molecule has 0 aliphatic carbocycles. The van der Waals surface area contributed by atoms with Gasteiger partial charge in [-0.1, -0.05) is 30.3 Å². The van der Waals surface area contributed by atoms with Crippen molar-refractivity contribution in [2.24, 2.45) is 0 Å². The topological polar surface area (TPSA) is 50.7 Å². The highest BCUT2D eigenvalue weighted by molar-refractivity contribution is 5.61. The molecule has 3 rings (SSSR count). The largest absolute Gasteiger partial charge is 0.298 e. The number of nitrogens with zero attached hydrogens (tertiary/aromatic N) is 2. The fourth-order valence-corrected chi connectivity index (χ4v) is 2.33. The van der Waals surface area contributed by atoms with E-state index in [0.717, 1.165) is 22.6 Å². The minimum atomic E-state index is -0.0544. The molecule has 0 radical (unpaired) electrons. The molecule has 3 aromatic rings. The molecular weight excluding hydrogens is 250 g/mol. The Morgan fingerprint density at radius 2 is 1.70 bits per heavy atom. The Labute approximate surface area is 116 Å². The van der Waals surface area contributed by atoms with E-state index < -0.39 is 0 Å². The number of nitrogens with one attached hydrogen (secondary N) is 1. The third-order valence-electron chi connectivity index (χ3n) is 3.18. The highest BCUT2D eigenvalue weighted by atomic mass is 16.1. The first-order valence-corrected chi connectivity index (χ1v) is 6.46. The Bertz CT molecular complexity index is 780. The number of H-pyrrole nitrogens is 1. The van der Waals surface area contributed by atoms with Crippen LogP contribution in [0.3, 0.4) is 0 Å². The second kappa shape index (κ2) is 4.81. The summed E-state index contributed by atoms with van der Waals surface area (Å²) in [6, 6.07) is 13.4. The van der Waals surface area contributed by atoms with E-state index in [2.05, 4.69) is 10.1 Å². The van der Waals surface area contributed by atoms with E-state index in [1.54, 1.807) is 10.9 Å². The van der Waals surface area contributed by atoms with Crippen molar-refractivity contribution in [3.05, 3.63) is 70.4 Å². The zero-order chi connectivity index (χ0) is 14.1. The summed E-state index contributed by atoms with van der Waals surface area (Å²) >= 11 is 0.